The molecule has 0 radical (unpaired) electrons. The second-order valence-corrected chi connectivity index (χ2v) is 3.44. The van der Waals surface area contributed by atoms with Crippen LogP contribution < -0.4 is 11.5 Å². The van der Waals surface area contributed by atoms with Crippen LogP contribution in [0.1, 0.15) is 31.2 Å². The molecule has 1 amide bonds. The maximum Gasteiger partial charge on any atom is 0.222 e. The van der Waals surface area contributed by atoms with Crippen molar-refractivity contribution in [2.75, 3.05) is 5.73 Å². The number of nitrogens with two attached hydrogens (primary N) is 2. The molecule has 0 aliphatic carbocycles. The Balaban J connectivity index is 2.95. The van der Waals surface area contributed by atoms with Gasteiger partial charge in [0.1, 0.15) is 11.6 Å². The van der Waals surface area contributed by atoms with E-state index in [9.17, 15) is 4.79 Å². The van der Waals surface area contributed by atoms with Gasteiger partial charge in [-0.15, -0.1) is 0 Å². The van der Waals surface area contributed by atoms with Crippen molar-refractivity contribution in [3.05, 3.63) is 17.6 Å². The van der Waals surface area contributed by atoms with Gasteiger partial charge in [-0.1, -0.05) is 13.8 Å². The quantitative estimate of drug-likeness (QED) is 0.719. The first kappa shape index (κ1) is 10.4. The highest BCUT2D eigenvalue weighted by molar-refractivity contribution is 5.77. The zero-order chi connectivity index (χ0) is 10.7. The minimum absolute atomic E-state index is 0.0875. The van der Waals surface area contributed by atoms with Gasteiger partial charge >= 0.3 is 0 Å². The Morgan fingerprint density at radius 1 is 1.57 bits per heavy atom. The third kappa shape index (κ3) is 2.42. The van der Waals surface area contributed by atoms with Crippen molar-refractivity contribution in [3.63, 3.8) is 0 Å². The molecule has 4 N–H and O–H groups in total. The van der Waals surface area contributed by atoms with E-state index in [0.29, 0.717) is 17.2 Å². The Hall–Kier alpha value is -1.65. The molecule has 76 valence electrons. The van der Waals surface area contributed by atoms with Crippen LogP contribution in [-0.4, -0.2) is 15.9 Å². The summed E-state index contributed by atoms with van der Waals surface area (Å²) in [5.41, 5.74) is 11.3. The normalized spacial score (nSPS) is 10.5. The third-order valence-electron chi connectivity index (χ3n) is 1.80. The summed E-state index contributed by atoms with van der Waals surface area (Å²) in [5.74, 6) is 0.802. The van der Waals surface area contributed by atoms with Gasteiger partial charge in [-0.3, -0.25) is 4.79 Å². The zero-order valence-corrected chi connectivity index (χ0v) is 8.32. The topological polar surface area (TPSA) is 94.9 Å². The fraction of sp³-hybridized carbons (Fsp3) is 0.444. The van der Waals surface area contributed by atoms with E-state index in [2.05, 4.69) is 9.97 Å². The fourth-order valence-corrected chi connectivity index (χ4v) is 1.04. The van der Waals surface area contributed by atoms with Gasteiger partial charge in [-0.05, 0) is 0 Å². The molecule has 0 spiro atoms. The Bertz CT molecular complexity index is 349. The lowest BCUT2D eigenvalue weighted by Gasteiger charge is -2.06. The van der Waals surface area contributed by atoms with Crippen LogP contribution in [0.2, 0.25) is 0 Å². The summed E-state index contributed by atoms with van der Waals surface area (Å²) < 4.78 is 0. The minimum Gasteiger partial charge on any atom is -0.383 e. The van der Waals surface area contributed by atoms with E-state index in [4.69, 9.17) is 11.5 Å². The minimum atomic E-state index is -0.433. The van der Waals surface area contributed by atoms with Gasteiger partial charge in [0.05, 0.1) is 6.42 Å². The molecule has 1 aromatic rings. The van der Waals surface area contributed by atoms with Crippen LogP contribution in [0.4, 0.5) is 5.82 Å². The van der Waals surface area contributed by atoms with Gasteiger partial charge < -0.3 is 11.5 Å². The Labute approximate surface area is 82.5 Å². The molecule has 5 nitrogen and oxygen atoms in total. The largest absolute Gasteiger partial charge is 0.383 e. The monoisotopic (exact) mass is 194 g/mol. The molecule has 0 bridgehead atoms. The smallest absolute Gasteiger partial charge is 0.222 e. The lowest BCUT2D eigenvalue weighted by molar-refractivity contribution is -0.117. The first-order chi connectivity index (χ1) is 6.50. The highest BCUT2D eigenvalue weighted by Gasteiger charge is 2.08. The van der Waals surface area contributed by atoms with Crippen molar-refractivity contribution in [2.45, 2.75) is 26.2 Å². The van der Waals surface area contributed by atoms with E-state index in [0.717, 1.165) is 0 Å². The Morgan fingerprint density at radius 3 is 2.64 bits per heavy atom. The zero-order valence-electron chi connectivity index (χ0n) is 8.32. The summed E-state index contributed by atoms with van der Waals surface area (Å²) in [4.78, 5) is 18.8. The molecule has 1 aromatic heterocycles. The lowest BCUT2D eigenvalue weighted by atomic mass is 10.2. The van der Waals surface area contributed by atoms with Gasteiger partial charge in [0.2, 0.25) is 5.91 Å². The fourth-order valence-electron chi connectivity index (χ4n) is 1.04. The molecule has 14 heavy (non-hydrogen) atoms. The number of anilines is 1. The number of carbonyl (C=O) groups excluding carboxylic acids is 1. The number of carbonyl (C=O) groups is 1. The lowest BCUT2D eigenvalue weighted by Crippen LogP contribution is -2.16. The molecule has 0 atom stereocenters. The molecule has 5 heteroatoms. The van der Waals surface area contributed by atoms with Gasteiger partial charge in [-0.25, -0.2) is 9.97 Å². The van der Waals surface area contributed by atoms with Crippen LogP contribution in [-0.2, 0) is 11.2 Å². The third-order valence-corrected chi connectivity index (χ3v) is 1.80. The number of hydrogen-bond donors (Lipinski definition) is 2. The molecule has 1 heterocycles. The van der Waals surface area contributed by atoms with E-state index in [1.807, 2.05) is 13.8 Å². The molecule has 0 aromatic carbocycles. The van der Waals surface area contributed by atoms with Crippen molar-refractivity contribution >= 4 is 11.7 Å². The molecule has 0 aliphatic heterocycles. The number of amides is 1. The molecule has 0 saturated carbocycles. The maximum absolute atomic E-state index is 10.7. The summed E-state index contributed by atoms with van der Waals surface area (Å²) in [6.45, 7) is 3.95. The van der Waals surface area contributed by atoms with Crippen LogP contribution in [0.5, 0.6) is 0 Å². The highest BCUT2D eigenvalue weighted by Crippen LogP contribution is 2.13. The summed E-state index contributed by atoms with van der Waals surface area (Å²) in [7, 11) is 0. The number of nitrogens with zero attached hydrogens (tertiary/aromatic N) is 2. The van der Waals surface area contributed by atoms with Crippen LogP contribution in [0.25, 0.3) is 0 Å². The number of rotatable bonds is 3. The number of nitrogen functional groups attached to an aromatic ring is 1. The van der Waals surface area contributed by atoms with E-state index >= 15 is 0 Å². The standard InChI is InChI=1S/C9H14N4O/c1-5(2)9-12-4-6(3-7(10)14)8(11)13-9/h4-5H,3H2,1-2H3,(H2,10,14)(H2,11,12,13). The number of aromatic nitrogens is 2. The first-order valence-corrected chi connectivity index (χ1v) is 4.40. The van der Waals surface area contributed by atoms with Crippen molar-refractivity contribution in [3.8, 4) is 0 Å². The maximum atomic E-state index is 10.7. The molecule has 0 saturated heterocycles. The average molecular weight is 194 g/mol. The Kier molecular flexibility index (Phi) is 3.01. The van der Waals surface area contributed by atoms with E-state index < -0.39 is 5.91 Å². The predicted molar refractivity (Wildman–Crippen MR) is 53.4 cm³/mol. The summed E-state index contributed by atoms with van der Waals surface area (Å²) >= 11 is 0. The van der Waals surface area contributed by atoms with Crippen LogP contribution >= 0.6 is 0 Å². The highest BCUT2D eigenvalue weighted by atomic mass is 16.1. The predicted octanol–water partition coefficient (Wildman–Crippen LogP) is 0.210. The van der Waals surface area contributed by atoms with Crippen LogP contribution in [0.15, 0.2) is 6.20 Å². The van der Waals surface area contributed by atoms with E-state index in [-0.39, 0.29) is 12.3 Å². The summed E-state index contributed by atoms with van der Waals surface area (Å²) in [6, 6.07) is 0. The summed E-state index contributed by atoms with van der Waals surface area (Å²) in [5, 5.41) is 0. The van der Waals surface area contributed by atoms with Crippen LogP contribution in [0.3, 0.4) is 0 Å². The molecular formula is C9H14N4O. The van der Waals surface area contributed by atoms with E-state index in [1.165, 1.54) is 0 Å². The van der Waals surface area contributed by atoms with Gasteiger partial charge in [0, 0.05) is 17.7 Å². The van der Waals surface area contributed by atoms with Crippen molar-refractivity contribution < 1.29 is 4.79 Å². The molecule has 0 fully saturated rings. The molecule has 1 rings (SSSR count). The molecule has 0 unspecified atom stereocenters. The number of primary amides is 1. The van der Waals surface area contributed by atoms with E-state index in [1.54, 1.807) is 6.20 Å². The van der Waals surface area contributed by atoms with Crippen molar-refractivity contribution in [1.29, 1.82) is 0 Å². The van der Waals surface area contributed by atoms with Crippen molar-refractivity contribution in [1.82, 2.24) is 9.97 Å². The first-order valence-electron chi connectivity index (χ1n) is 4.40. The SMILES string of the molecule is CC(C)c1ncc(CC(N)=O)c(N)n1. The van der Waals surface area contributed by atoms with Crippen molar-refractivity contribution in [2.24, 2.45) is 5.73 Å². The molecule has 0 aliphatic rings. The number of hydrogen-bond acceptors (Lipinski definition) is 4. The summed E-state index contributed by atoms with van der Waals surface area (Å²) in [6.07, 6.45) is 1.65. The van der Waals surface area contributed by atoms with Crippen LogP contribution in [0, 0.1) is 0 Å². The molecular weight excluding hydrogens is 180 g/mol. The van der Waals surface area contributed by atoms with Gasteiger partial charge in [0.25, 0.3) is 0 Å². The van der Waals surface area contributed by atoms with Gasteiger partial charge in [0.15, 0.2) is 0 Å². The van der Waals surface area contributed by atoms with Gasteiger partial charge in [-0.2, -0.15) is 0 Å². The average Bonchev–Trinajstić information content (AvgIpc) is 2.07. The second kappa shape index (κ2) is 4.04. The second-order valence-electron chi connectivity index (χ2n) is 3.44. The Morgan fingerprint density at radius 2 is 2.21 bits per heavy atom.